The molecule has 0 saturated carbocycles. The van der Waals surface area contributed by atoms with E-state index in [1.807, 2.05) is 0 Å². The Balaban J connectivity index is 2.42. The van der Waals surface area contributed by atoms with Gasteiger partial charge in [-0.1, -0.05) is 25.6 Å². The normalized spacial score (nSPS) is 12.9. The molecular weight excluding hydrogens is 254 g/mol. The molecule has 8 heteroatoms. The van der Waals surface area contributed by atoms with Crippen molar-refractivity contribution in [2.24, 2.45) is 5.92 Å². The van der Waals surface area contributed by atoms with Gasteiger partial charge in [-0.25, -0.2) is 4.68 Å². The van der Waals surface area contributed by atoms with Crippen molar-refractivity contribution in [3.63, 3.8) is 0 Å². The van der Waals surface area contributed by atoms with Crippen molar-refractivity contribution in [1.82, 2.24) is 25.5 Å². The fourth-order valence-corrected chi connectivity index (χ4v) is 1.96. The minimum atomic E-state index is -0.868. The molecule has 1 atom stereocenters. The molecule has 1 rings (SSSR count). The van der Waals surface area contributed by atoms with E-state index in [9.17, 15) is 4.79 Å². The average Bonchev–Trinajstić information content (AvgIpc) is 2.71. The van der Waals surface area contributed by atoms with E-state index < -0.39 is 11.2 Å². The largest absolute Gasteiger partial charge is 0.480 e. The molecule has 0 amide bonds. The summed E-state index contributed by atoms with van der Waals surface area (Å²) in [7, 11) is 0. The van der Waals surface area contributed by atoms with Crippen LogP contribution in [0.3, 0.4) is 0 Å². The standard InChI is InChI=1S/C10H19N5O2S/c1-7(2)6-11-4-5-15-10(12-13-14-15)18-8(3)9(16)17/h7-8,11H,4-6H2,1-3H3,(H,16,17). The van der Waals surface area contributed by atoms with Crippen LogP contribution in [0, 0.1) is 5.92 Å². The highest BCUT2D eigenvalue weighted by Gasteiger charge is 2.17. The molecule has 2 N–H and O–H groups in total. The number of nitrogens with zero attached hydrogens (tertiary/aromatic N) is 4. The summed E-state index contributed by atoms with van der Waals surface area (Å²) in [5.74, 6) is -0.271. The Labute approximate surface area is 110 Å². The number of carbonyl (C=O) groups is 1. The predicted octanol–water partition coefficient (Wildman–Crippen LogP) is 0.484. The topological polar surface area (TPSA) is 92.9 Å². The van der Waals surface area contributed by atoms with Crippen LogP contribution in [0.15, 0.2) is 5.16 Å². The van der Waals surface area contributed by atoms with Gasteiger partial charge < -0.3 is 10.4 Å². The average molecular weight is 273 g/mol. The lowest BCUT2D eigenvalue weighted by atomic mass is 10.2. The Morgan fingerprint density at radius 3 is 2.83 bits per heavy atom. The lowest BCUT2D eigenvalue weighted by Gasteiger charge is -2.09. The molecule has 0 saturated heterocycles. The molecule has 0 spiro atoms. The first-order chi connectivity index (χ1) is 8.50. The number of tetrazole rings is 1. The number of rotatable bonds is 8. The van der Waals surface area contributed by atoms with E-state index in [4.69, 9.17) is 5.11 Å². The van der Waals surface area contributed by atoms with Gasteiger partial charge in [0.1, 0.15) is 5.25 Å². The fraction of sp³-hybridized carbons (Fsp3) is 0.800. The van der Waals surface area contributed by atoms with Crippen LogP contribution in [-0.4, -0.2) is 49.6 Å². The monoisotopic (exact) mass is 273 g/mol. The summed E-state index contributed by atoms with van der Waals surface area (Å²) in [5.41, 5.74) is 0. The Kier molecular flexibility index (Phi) is 6.06. The number of nitrogens with one attached hydrogen (secondary N) is 1. The quantitative estimate of drug-likeness (QED) is 0.525. The first-order valence-corrected chi connectivity index (χ1v) is 6.75. The maximum absolute atomic E-state index is 10.8. The summed E-state index contributed by atoms with van der Waals surface area (Å²) in [6, 6.07) is 0. The number of carboxylic acids is 1. The smallest absolute Gasteiger partial charge is 0.316 e. The van der Waals surface area contributed by atoms with Crippen molar-refractivity contribution in [1.29, 1.82) is 0 Å². The zero-order valence-electron chi connectivity index (χ0n) is 10.8. The van der Waals surface area contributed by atoms with Crippen LogP contribution in [-0.2, 0) is 11.3 Å². The minimum Gasteiger partial charge on any atom is -0.480 e. The Bertz CT molecular complexity index is 382. The molecule has 0 aromatic carbocycles. The third-order valence-electron chi connectivity index (χ3n) is 2.18. The third-order valence-corrected chi connectivity index (χ3v) is 3.24. The Morgan fingerprint density at radius 1 is 1.50 bits per heavy atom. The maximum atomic E-state index is 10.8. The van der Waals surface area contributed by atoms with Crippen LogP contribution in [0.2, 0.25) is 0 Å². The summed E-state index contributed by atoms with van der Waals surface area (Å²) in [5, 5.41) is 23.3. The van der Waals surface area contributed by atoms with E-state index in [1.165, 1.54) is 0 Å². The number of aliphatic carboxylic acids is 1. The van der Waals surface area contributed by atoms with Crippen LogP contribution in [0.1, 0.15) is 20.8 Å². The lowest BCUT2D eigenvalue weighted by molar-refractivity contribution is -0.136. The number of hydrogen-bond donors (Lipinski definition) is 2. The first-order valence-electron chi connectivity index (χ1n) is 5.87. The predicted molar refractivity (Wildman–Crippen MR) is 68.5 cm³/mol. The van der Waals surface area contributed by atoms with E-state index in [0.29, 0.717) is 17.6 Å². The van der Waals surface area contributed by atoms with E-state index >= 15 is 0 Å². The fourth-order valence-electron chi connectivity index (χ4n) is 1.21. The molecule has 102 valence electrons. The number of thioether (sulfide) groups is 1. The van der Waals surface area contributed by atoms with Crippen LogP contribution < -0.4 is 5.32 Å². The van der Waals surface area contributed by atoms with Gasteiger partial charge >= 0.3 is 5.97 Å². The van der Waals surface area contributed by atoms with Crippen LogP contribution >= 0.6 is 11.8 Å². The van der Waals surface area contributed by atoms with Crippen LogP contribution in [0.4, 0.5) is 0 Å². The molecule has 1 aromatic heterocycles. The van der Waals surface area contributed by atoms with E-state index in [0.717, 1.165) is 24.9 Å². The molecule has 0 fully saturated rings. The molecule has 1 heterocycles. The molecule has 0 radical (unpaired) electrons. The highest BCUT2D eigenvalue weighted by Crippen LogP contribution is 2.19. The molecular formula is C10H19N5O2S. The summed E-state index contributed by atoms with van der Waals surface area (Å²) < 4.78 is 1.62. The Morgan fingerprint density at radius 2 is 2.22 bits per heavy atom. The van der Waals surface area contributed by atoms with Gasteiger partial charge in [-0.2, -0.15) is 0 Å². The SMILES string of the molecule is CC(C)CNCCn1nnnc1SC(C)C(=O)O. The summed E-state index contributed by atoms with van der Waals surface area (Å²) in [6.45, 7) is 8.23. The second-order valence-corrected chi connectivity index (χ2v) is 5.69. The molecule has 1 unspecified atom stereocenters. The zero-order chi connectivity index (χ0) is 13.5. The van der Waals surface area contributed by atoms with Gasteiger partial charge in [0.25, 0.3) is 0 Å². The summed E-state index contributed by atoms with van der Waals surface area (Å²) in [4.78, 5) is 10.8. The maximum Gasteiger partial charge on any atom is 0.316 e. The van der Waals surface area contributed by atoms with Gasteiger partial charge in [-0.15, -0.1) is 5.10 Å². The number of hydrogen-bond acceptors (Lipinski definition) is 6. The van der Waals surface area contributed by atoms with E-state index in [2.05, 4.69) is 34.7 Å². The number of carboxylic acid groups (broad SMARTS) is 1. The van der Waals surface area contributed by atoms with Crippen molar-refractivity contribution in [2.75, 3.05) is 13.1 Å². The summed E-state index contributed by atoms with van der Waals surface area (Å²) >= 11 is 1.15. The molecule has 0 aliphatic heterocycles. The van der Waals surface area contributed by atoms with Crippen molar-refractivity contribution in [2.45, 2.75) is 37.7 Å². The lowest BCUT2D eigenvalue weighted by Crippen LogP contribution is -2.25. The first kappa shape index (κ1) is 14.9. The highest BCUT2D eigenvalue weighted by molar-refractivity contribution is 8.00. The number of aromatic nitrogens is 4. The molecule has 18 heavy (non-hydrogen) atoms. The second kappa shape index (κ2) is 7.32. The van der Waals surface area contributed by atoms with Gasteiger partial charge in [-0.05, 0) is 29.8 Å². The molecule has 1 aromatic rings. The highest BCUT2D eigenvalue weighted by atomic mass is 32.2. The van der Waals surface area contributed by atoms with Gasteiger partial charge in [0.15, 0.2) is 0 Å². The van der Waals surface area contributed by atoms with E-state index in [-0.39, 0.29) is 0 Å². The van der Waals surface area contributed by atoms with Gasteiger partial charge in [-0.3, -0.25) is 4.79 Å². The van der Waals surface area contributed by atoms with Crippen LogP contribution in [0.5, 0.6) is 0 Å². The van der Waals surface area contributed by atoms with Crippen molar-refractivity contribution in [3.05, 3.63) is 0 Å². The Hall–Kier alpha value is -1.15. The molecule has 0 aliphatic rings. The van der Waals surface area contributed by atoms with Crippen LogP contribution in [0.25, 0.3) is 0 Å². The molecule has 0 bridgehead atoms. The van der Waals surface area contributed by atoms with Gasteiger partial charge in [0.05, 0.1) is 6.54 Å². The van der Waals surface area contributed by atoms with E-state index in [1.54, 1.807) is 11.6 Å². The minimum absolute atomic E-state index is 0.538. The van der Waals surface area contributed by atoms with Gasteiger partial charge in [0.2, 0.25) is 5.16 Å². The third kappa shape index (κ3) is 5.01. The van der Waals surface area contributed by atoms with Crippen molar-refractivity contribution < 1.29 is 9.90 Å². The van der Waals surface area contributed by atoms with Crippen molar-refractivity contribution in [3.8, 4) is 0 Å². The second-order valence-electron chi connectivity index (χ2n) is 4.38. The van der Waals surface area contributed by atoms with Gasteiger partial charge in [0, 0.05) is 6.54 Å². The molecule has 0 aliphatic carbocycles. The van der Waals surface area contributed by atoms with Crippen molar-refractivity contribution >= 4 is 17.7 Å². The molecule has 7 nitrogen and oxygen atoms in total. The zero-order valence-corrected chi connectivity index (χ0v) is 11.6. The summed E-state index contributed by atoms with van der Waals surface area (Å²) in [6.07, 6.45) is 0.